The molecule has 2 N–H and O–H groups in total. The lowest BCUT2D eigenvalue weighted by Gasteiger charge is -2.12. The first kappa shape index (κ1) is 18.7. The molecule has 1 rings (SSSR count). The highest BCUT2D eigenvalue weighted by Crippen LogP contribution is 2.05. The molecule has 0 unspecified atom stereocenters. The number of hydrogen-bond acceptors (Lipinski definition) is 3. The fourth-order valence-corrected chi connectivity index (χ4v) is 1.29. The molecule has 1 aliphatic rings. The van der Waals surface area contributed by atoms with Crippen molar-refractivity contribution in [1.82, 2.24) is 15.5 Å². The van der Waals surface area contributed by atoms with E-state index in [0.29, 0.717) is 0 Å². The Balaban J connectivity index is 0. The van der Waals surface area contributed by atoms with E-state index in [0.717, 1.165) is 26.0 Å². The summed E-state index contributed by atoms with van der Waals surface area (Å²) in [5.41, 5.74) is 0. The van der Waals surface area contributed by atoms with Gasteiger partial charge in [-0.3, -0.25) is 4.79 Å². The molecule has 0 aromatic heterocycles. The zero-order chi connectivity index (χ0) is 13.4. The normalized spacial score (nSPS) is 14.1. The number of hydrogen-bond donors (Lipinski definition) is 2. The average molecular weight is 245 g/mol. The molecule has 104 valence electrons. The van der Waals surface area contributed by atoms with Crippen molar-refractivity contribution in [3.63, 3.8) is 0 Å². The summed E-state index contributed by atoms with van der Waals surface area (Å²) in [5.74, 6) is 0. The van der Waals surface area contributed by atoms with E-state index in [4.69, 9.17) is 0 Å². The molecule has 1 fully saturated rings. The lowest BCUT2D eigenvalue weighted by Crippen LogP contribution is -2.29. The highest BCUT2D eigenvalue weighted by atomic mass is 16.1. The van der Waals surface area contributed by atoms with Crippen LogP contribution in [0.5, 0.6) is 0 Å². The van der Waals surface area contributed by atoms with Crippen LogP contribution in [0.1, 0.15) is 40.0 Å². The number of carbonyl (C=O) groups excluding carboxylic acids is 1. The fraction of sp³-hybridized carbons (Fsp3) is 0.923. The van der Waals surface area contributed by atoms with Crippen LogP contribution in [0, 0.1) is 0 Å². The molecule has 1 amide bonds. The van der Waals surface area contributed by atoms with E-state index in [-0.39, 0.29) is 0 Å². The van der Waals surface area contributed by atoms with E-state index in [2.05, 4.69) is 36.3 Å². The van der Waals surface area contributed by atoms with Crippen molar-refractivity contribution in [2.75, 3.05) is 39.8 Å². The van der Waals surface area contributed by atoms with Crippen LogP contribution < -0.4 is 10.6 Å². The monoisotopic (exact) mass is 245 g/mol. The number of rotatable bonds is 5. The summed E-state index contributed by atoms with van der Waals surface area (Å²) in [6.45, 7) is 11.6. The van der Waals surface area contributed by atoms with Gasteiger partial charge in [0.15, 0.2) is 0 Å². The standard InChI is InChI=1S/C7H14N2O.C3H9N.C3H8/c10-7-8-3-6-9-4-1-2-5-9;1-3-4-2;1-3-2/h7H,1-6H2,(H,8,10);4H,3H2,1-2H3;3H2,1-2H3. The molecular weight excluding hydrogens is 214 g/mol. The predicted octanol–water partition coefficient (Wildman–Crippen LogP) is 1.47. The summed E-state index contributed by atoms with van der Waals surface area (Å²) >= 11 is 0. The Morgan fingerprint density at radius 3 is 2.00 bits per heavy atom. The van der Waals surface area contributed by atoms with E-state index in [1.54, 1.807) is 0 Å². The third-order valence-corrected chi connectivity index (χ3v) is 2.21. The molecule has 1 saturated heterocycles. The number of carbonyl (C=O) groups is 1. The Morgan fingerprint density at radius 2 is 1.65 bits per heavy atom. The third kappa shape index (κ3) is 18.0. The van der Waals surface area contributed by atoms with Gasteiger partial charge in [0.05, 0.1) is 0 Å². The molecular formula is C13H31N3O. The SMILES string of the molecule is CCC.CCNC.O=CNCCN1CCCC1. The molecule has 17 heavy (non-hydrogen) atoms. The summed E-state index contributed by atoms with van der Waals surface area (Å²) < 4.78 is 0. The largest absolute Gasteiger partial charge is 0.357 e. The second-order valence-corrected chi connectivity index (χ2v) is 4.03. The molecule has 0 atom stereocenters. The minimum absolute atomic E-state index is 0.760. The van der Waals surface area contributed by atoms with Gasteiger partial charge >= 0.3 is 0 Å². The van der Waals surface area contributed by atoms with Crippen molar-refractivity contribution in [3.05, 3.63) is 0 Å². The van der Waals surface area contributed by atoms with E-state index in [1.807, 2.05) is 7.05 Å². The van der Waals surface area contributed by atoms with Gasteiger partial charge in [0, 0.05) is 13.1 Å². The molecule has 1 aliphatic heterocycles. The van der Waals surface area contributed by atoms with Crippen molar-refractivity contribution in [2.45, 2.75) is 40.0 Å². The van der Waals surface area contributed by atoms with Crippen LogP contribution in [0.3, 0.4) is 0 Å². The van der Waals surface area contributed by atoms with Crippen LogP contribution in [0.15, 0.2) is 0 Å². The molecule has 0 aromatic rings. The second-order valence-electron chi connectivity index (χ2n) is 4.03. The van der Waals surface area contributed by atoms with Gasteiger partial charge in [-0.2, -0.15) is 0 Å². The van der Waals surface area contributed by atoms with Crippen LogP contribution in [0.25, 0.3) is 0 Å². The van der Waals surface area contributed by atoms with Crippen LogP contribution in [-0.4, -0.2) is 51.1 Å². The van der Waals surface area contributed by atoms with Crippen molar-refractivity contribution in [2.24, 2.45) is 0 Å². The van der Waals surface area contributed by atoms with Crippen molar-refractivity contribution >= 4 is 6.41 Å². The Bertz CT molecular complexity index is 135. The van der Waals surface area contributed by atoms with Crippen molar-refractivity contribution in [1.29, 1.82) is 0 Å². The van der Waals surface area contributed by atoms with Gasteiger partial charge in [-0.25, -0.2) is 0 Å². The number of nitrogens with zero attached hydrogens (tertiary/aromatic N) is 1. The van der Waals surface area contributed by atoms with Gasteiger partial charge in [-0.05, 0) is 39.5 Å². The first-order chi connectivity index (χ1) is 8.26. The molecule has 0 bridgehead atoms. The minimum Gasteiger partial charge on any atom is -0.357 e. The van der Waals surface area contributed by atoms with Crippen LogP contribution in [0.2, 0.25) is 0 Å². The lowest BCUT2D eigenvalue weighted by molar-refractivity contribution is -0.109. The highest BCUT2D eigenvalue weighted by molar-refractivity contribution is 5.45. The molecule has 4 nitrogen and oxygen atoms in total. The first-order valence-electron chi connectivity index (χ1n) is 6.80. The summed E-state index contributed by atoms with van der Waals surface area (Å²) in [6, 6.07) is 0. The molecule has 0 aromatic carbocycles. The number of nitrogens with one attached hydrogen (secondary N) is 2. The summed E-state index contributed by atoms with van der Waals surface area (Å²) in [6.07, 6.45) is 4.65. The average Bonchev–Trinajstić information content (AvgIpc) is 2.84. The fourth-order valence-electron chi connectivity index (χ4n) is 1.29. The Kier molecular flexibility index (Phi) is 19.6. The zero-order valence-electron chi connectivity index (χ0n) is 12.1. The smallest absolute Gasteiger partial charge is 0.207 e. The zero-order valence-corrected chi connectivity index (χ0v) is 12.1. The van der Waals surface area contributed by atoms with Crippen molar-refractivity contribution < 1.29 is 4.79 Å². The molecule has 0 spiro atoms. The van der Waals surface area contributed by atoms with Crippen LogP contribution in [0.4, 0.5) is 0 Å². The first-order valence-corrected chi connectivity index (χ1v) is 6.80. The van der Waals surface area contributed by atoms with Crippen molar-refractivity contribution in [3.8, 4) is 0 Å². The second kappa shape index (κ2) is 17.8. The van der Waals surface area contributed by atoms with Gasteiger partial charge in [-0.15, -0.1) is 0 Å². The lowest BCUT2D eigenvalue weighted by atomic mass is 10.4. The van der Waals surface area contributed by atoms with E-state index >= 15 is 0 Å². The molecule has 4 heteroatoms. The third-order valence-electron chi connectivity index (χ3n) is 2.21. The van der Waals surface area contributed by atoms with E-state index < -0.39 is 0 Å². The highest BCUT2D eigenvalue weighted by Gasteiger charge is 2.09. The van der Waals surface area contributed by atoms with Gasteiger partial charge in [0.2, 0.25) is 6.41 Å². The topological polar surface area (TPSA) is 44.4 Å². The Labute approximate surface area is 107 Å². The van der Waals surface area contributed by atoms with Gasteiger partial charge < -0.3 is 15.5 Å². The van der Waals surface area contributed by atoms with Gasteiger partial charge in [0.1, 0.15) is 0 Å². The molecule has 0 radical (unpaired) electrons. The Morgan fingerprint density at radius 1 is 1.18 bits per heavy atom. The maximum atomic E-state index is 9.85. The number of amides is 1. The summed E-state index contributed by atoms with van der Waals surface area (Å²) in [7, 11) is 1.93. The minimum atomic E-state index is 0.760. The van der Waals surface area contributed by atoms with Gasteiger partial charge in [-0.1, -0.05) is 27.2 Å². The number of likely N-dealkylation sites (tertiary alicyclic amines) is 1. The quantitative estimate of drug-likeness (QED) is 0.569. The molecule has 0 saturated carbocycles. The maximum Gasteiger partial charge on any atom is 0.207 e. The molecule has 0 aliphatic carbocycles. The van der Waals surface area contributed by atoms with Gasteiger partial charge in [0.25, 0.3) is 0 Å². The van der Waals surface area contributed by atoms with Crippen LogP contribution in [-0.2, 0) is 4.79 Å². The van der Waals surface area contributed by atoms with E-state index in [1.165, 1.54) is 32.4 Å². The maximum absolute atomic E-state index is 9.85. The van der Waals surface area contributed by atoms with Crippen LogP contribution >= 0.6 is 0 Å². The predicted molar refractivity (Wildman–Crippen MR) is 75.3 cm³/mol. The summed E-state index contributed by atoms with van der Waals surface area (Å²) in [5, 5.41) is 5.58. The summed E-state index contributed by atoms with van der Waals surface area (Å²) in [4.78, 5) is 12.2. The molecule has 1 heterocycles. The van der Waals surface area contributed by atoms with E-state index in [9.17, 15) is 4.79 Å². The Hall–Kier alpha value is -0.610.